The average Bonchev–Trinajstić information content (AvgIpc) is 3.43. The zero-order valence-corrected chi connectivity index (χ0v) is 26.6. The molecule has 232 valence electrons. The number of benzene rings is 2. The Labute approximate surface area is 256 Å². The number of β-amino-alcohol motifs (C(OH)–C–C–N with tert-alkyl or cyclic N) is 1. The lowest BCUT2D eigenvalue weighted by Crippen LogP contribution is -2.50. The molecular formula is C35H47N3O5. The molecule has 0 spiro atoms. The lowest BCUT2D eigenvalue weighted by Gasteiger charge is -2.39. The molecule has 2 atom stereocenters. The monoisotopic (exact) mass is 589 g/mol. The van der Waals surface area contributed by atoms with E-state index >= 15 is 0 Å². The van der Waals surface area contributed by atoms with Crippen LogP contribution in [0.1, 0.15) is 80.8 Å². The summed E-state index contributed by atoms with van der Waals surface area (Å²) in [7, 11) is 3.07. The number of aromatic nitrogens is 2. The van der Waals surface area contributed by atoms with Gasteiger partial charge in [0.25, 0.3) is 0 Å². The maximum absolute atomic E-state index is 13.5. The standard InChI is InChI=1S/C35H47N3O5/c1-25(21-26-9-11-27(12-10-26)28-13-15-29(16-14-28)32(40)43-6)22-31(39)37-18-7-17-35(41,24-37)33-36-23-30(34(2,3)4)38(33)19-8-20-42-5/h9-16,23,25,41H,7-8,17-22,24H2,1-6H3/t25-,35?/m1/s1. The first-order chi connectivity index (χ1) is 20.4. The summed E-state index contributed by atoms with van der Waals surface area (Å²) in [5.41, 5.74) is 3.54. The Hall–Kier alpha value is -3.49. The lowest BCUT2D eigenvalue weighted by molar-refractivity contribution is -0.140. The van der Waals surface area contributed by atoms with Crippen molar-refractivity contribution in [3.8, 4) is 11.1 Å². The number of methoxy groups -OCH3 is 2. The van der Waals surface area contributed by atoms with E-state index in [9.17, 15) is 14.7 Å². The third kappa shape index (κ3) is 7.92. The molecular weight excluding hydrogens is 542 g/mol. The number of ether oxygens (including phenoxy) is 2. The summed E-state index contributed by atoms with van der Waals surface area (Å²) in [5, 5.41) is 11.9. The number of amides is 1. The van der Waals surface area contributed by atoms with Crippen LogP contribution in [-0.2, 0) is 38.2 Å². The van der Waals surface area contributed by atoms with Crippen molar-refractivity contribution in [2.24, 2.45) is 5.92 Å². The zero-order chi connectivity index (χ0) is 31.2. The number of hydrogen-bond acceptors (Lipinski definition) is 6. The predicted octanol–water partition coefficient (Wildman–Crippen LogP) is 5.75. The summed E-state index contributed by atoms with van der Waals surface area (Å²) in [6.07, 6.45) is 5.21. The minimum Gasteiger partial charge on any atom is -0.465 e. The summed E-state index contributed by atoms with van der Waals surface area (Å²) >= 11 is 0. The molecule has 0 radical (unpaired) electrons. The highest BCUT2D eigenvalue weighted by molar-refractivity contribution is 5.90. The first-order valence-electron chi connectivity index (χ1n) is 15.3. The van der Waals surface area contributed by atoms with Crippen molar-refractivity contribution in [1.29, 1.82) is 0 Å². The summed E-state index contributed by atoms with van der Waals surface area (Å²) in [5.74, 6) is 0.523. The summed E-state index contributed by atoms with van der Waals surface area (Å²) < 4.78 is 12.2. The van der Waals surface area contributed by atoms with Crippen molar-refractivity contribution in [3.63, 3.8) is 0 Å². The SMILES string of the molecule is COCCCn1c(C(C)(C)C)cnc1C1(O)CCCN(C(=O)C[C@H](C)Cc2ccc(-c3ccc(C(=O)OC)cc3)cc2)C1. The number of likely N-dealkylation sites (tertiary alicyclic amines) is 1. The van der Waals surface area contributed by atoms with Crippen LogP contribution in [0.5, 0.6) is 0 Å². The molecule has 0 bridgehead atoms. The van der Waals surface area contributed by atoms with Gasteiger partial charge in [-0.25, -0.2) is 9.78 Å². The van der Waals surface area contributed by atoms with Gasteiger partial charge in [-0.2, -0.15) is 0 Å². The molecule has 2 heterocycles. The van der Waals surface area contributed by atoms with Crippen molar-refractivity contribution >= 4 is 11.9 Å². The fourth-order valence-electron chi connectivity index (χ4n) is 6.02. The molecule has 1 unspecified atom stereocenters. The smallest absolute Gasteiger partial charge is 0.337 e. The molecule has 1 saturated heterocycles. The molecule has 4 rings (SSSR count). The van der Waals surface area contributed by atoms with Crippen molar-refractivity contribution in [3.05, 3.63) is 77.4 Å². The van der Waals surface area contributed by atoms with Gasteiger partial charge < -0.3 is 24.0 Å². The van der Waals surface area contributed by atoms with Gasteiger partial charge in [-0.1, -0.05) is 64.1 Å². The molecule has 0 aliphatic carbocycles. The molecule has 1 amide bonds. The van der Waals surface area contributed by atoms with E-state index in [1.54, 1.807) is 19.2 Å². The van der Waals surface area contributed by atoms with Crippen LogP contribution in [0, 0.1) is 5.92 Å². The number of nitrogens with zero attached hydrogens (tertiary/aromatic N) is 3. The normalized spacial score (nSPS) is 18.0. The predicted molar refractivity (Wildman–Crippen MR) is 168 cm³/mol. The minimum absolute atomic E-state index is 0.0708. The van der Waals surface area contributed by atoms with Gasteiger partial charge in [-0.3, -0.25) is 4.79 Å². The van der Waals surface area contributed by atoms with Crippen LogP contribution in [0.2, 0.25) is 0 Å². The molecule has 43 heavy (non-hydrogen) atoms. The third-order valence-electron chi connectivity index (χ3n) is 8.29. The number of carbonyl (C=O) groups is 2. The van der Waals surface area contributed by atoms with Gasteiger partial charge in [0.05, 0.1) is 19.2 Å². The molecule has 1 N–H and O–H groups in total. The molecule has 3 aromatic rings. The van der Waals surface area contributed by atoms with E-state index in [1.165, 1.54) is 7.11 Å². The first kappa shape index (κ1) is 32.4. The molecule has 0 saturated carbocycles. The number of imidazole rings is 1. The summed E-state index contributed by atoms with van der Waals surface area (Å²) in [6.45, 7) is 10.8. The molecule has 8 heteroatoms. The highest BCUT2D eigenvalue weighted by atomic mass is 16.5. The Morgan fingerprint density at radius 1 is 1.05 bits per heavy atom. The van der Waals surface area contributed by atoms with Gasteiger partial charge in [-0.15, -0.1) is 0 Å². The van der Waals surface area contributed by atoms with Crippen molar-refractivity contribution < 1.29 is 24.2 Å². The van der Waals surface area contributed by atoms with Crippen LogP contribution in [0.25, 0.3) is 11.1 Å². The maximum atomic E-state index is 13.5. The van der Waals surface area contributed by atoms with E-state index < -0.39 is 5.60 Å². The Morgan fingerprint density at radius 3 is 2.30 bits per heavy atom. The summed E-state index contributed by atoms with van der Waals surface area (Å²) in [4.78, 5) is 31.7. The average molecular weight is 590 g/mol. The largest absolute Gasteiger partial charge is 0.465 e. The van der Waals surface area contributed by atoms with Gasteiger partial charge in [0.1, 0.15) is 11.4 Å². The van der Waals surface area contributed by atoms with E-state index in [2.05, 4.69) is 56.5 Å². The fourth-order valence-corrected chi connectivity index (χ4v) is 6.02. The van der Waals surface area contributed by atoms with Crippen LogP contribution in [0.3, 0.4) is 0 Å². The number of piperidine rings is 1. The number of carbonyl (C=O) groups excluding carboxylic acids is 2. The number of esters is 1. The van der Waals surface area contributed by atoms with Gasteiger partial charge in [0.2, 0.25) is 5.91 Å². The van der Waals surface area contributed by atoms with Crippen molar-refractivity contribution in [2.45, 2.75) is 77.4 Å². The first-order valence-corrected chi connectivity index (χ1v) is 15.3. The van der Waals surface area contributed by atoms with Crippen LogP contribution in [0.15, 0.2) is 54.7 Å². The lowest BCUT2D eigenvalue weighted by atomic mass is 9.89. The van der Waals surface area contributed by atoms with Crippen molar-refractivity contribution in [2.75, 3.05) is 33.9 Å². The van der Waals surface area contributed by atoms with E-state index in [1.807, 2.05) is 23.2 Å². The van der Waals surface area contributed by atoms with Crippen molar-refractivity contribution in [1.82, 2.24) is 14.5 Å². The van der Waals surface area contributed by atoms with Gasteiger partial charge in [0.15, 0.2) is 0 Å². The Morgan fingerprint density at radius 2 is 1.70 bits per heavy atom. The number of hydrogen-bond donors (Lipinski definition) is 1. The molecule has 2 aromatic carbocycles. The Balaban J connectivity index is 1.38. The highest BCUT2D eigenvalue weighted by Gasteiger charge is 2.41. The Kier molecular flexibility index (Phi) is 10.5. The van der Waals surface area contributed by atoms with E-state index in [-0.39, 0.29) is 29.8 Å². The van der Waals surface area contributed by atoms with Crippen LogP contribution in [0.4, 0.5) is 0 Å². The summed E-state index contributed by atoms with van der Waals surface area (Å²) in [6, 6.07) is 15.7. The number of rotatable bonds is 11. The minimum atomic E-state index is -1.18. The maximum Gasteiger partial charge on any atom is 0.337 e. The quantitative estimate of drug-likeness (QED) is 0.226. The van der Waals surface area contributed by atoms with E-state index in [0.717, 1.165) is 41.6 Å². The van der Waals surface area contributed by atoms with Crippen LogP contribution < -0.4 is 0 Å². The second kappa shape index (κ2) is 13.9. The highest BCUT2D eigenvalue weighted by Crippen LogP contribution is 2.35. The number of aliphatic hydroxyl groups is 1. The second-order valence-corrected chi connectivity index (χ2v) is 12.9. The molecule has 1 fully saturated rings. The van der Waals surface area contributed by atoms with Crippen LogP contribution >= 0.6 is 0 Å². The van der Waals surface area contributed by atoms with Gasteiger partial charge >= 0.3 is 5.97 Å². The molecule has 1 aromatic heterocycles. The van der Waals surface area contributed by atoms with Gasteiger partial charge in [-0.05, 0) is 60.4 Å². The fraction of sp³-hybridized carbons (Fsp3) is 0.514. The third-order valence-corrected chi connectivity index (χ3v) is 8.29. The van der Waals surface area contributed by atoms with Crippen LogP contribution in [-0.4, -0.2) is 65.3 Å². The Bertz CT molecular complexity index is 1370. The van der Waals surface area contributed by atoms with Gasteiger partial charge in [0, 0.05) is 50.5 Å². The topological polar surface area (TPSA) is 93.9 Å². The molecule has 8 nitrogen and oxygen atoms in total. The molecule has 1 aliphatic rings. The molecule has 1 aliphatic heterocycles. The second-order valence-electron chi connectivity index (χ2n) is 12.9. The zero-order valence-electron chi connectivity index (χ0n) is 26.6. The van der Waals surface area contributed by atoms with E-state index in [4.69, 9.17) is 14.5 Å². The van der Waals surface area contributed by atoms with E-state index in [0.29, 0.717) is 43.9 Å².